The maximum Gasteiger partial charge on any atom is 0.126 e. The molecule has 0 unspecified atom stereocenters. The second kappa shape index (κ2) is 3.85. The Hall–Kier alpha value is -0.930. The van der Waals surface area contributed by atoms with Crippen LogP contribution in [0.3, 0.4) is 0 Å². The van der Waals surface area contributed by atoms with E-state index in [4.69, 9.17) is 5.73 Å². The molecule has 0 radical (unpaired) electrons. The highest BCUT2D eigenvalue weighted by Gasteiger charge is 2.13. The van der Waals surface area contributed by atoms with Crippen molar-refractivity contribution in [2.45, 2.75) is 26.0 Å². The molecule has 0 aliphatic heterocycles. The highest BCUT2D eigenvalue weighted by Crippen LogP contribution is 2.18. The average molecular weight is 183 g/mol. The molecule has 0 fully saturated rings. The van der Waals surface area contributed by atoms with Crippen molar-refractivity contribution in [2.75, 3.05) is 0 Å². The zero-order valence-electron chi connectivity index (χ0n) is 7.79. The van der Waals surface area contributed by atoms with Gasteiger partial charge >= 0.3 is 0 Å². The monoisotopic (exact) mass is 183 g/mol. The molecule has 1 aromatic rings. The molecule has 0 bridgehead atoms. The molecule has 2 nitrogen and oxygen atoms in total. The van der Waals surface area contributed by atoms with Gasteiger partial charge in [0, 0.05) is 6.04 Å². The molecule has 0 saturated carbocycles. The van der Waals surface area contributed by atoms with Crippen LogP contribution in [0.5, 0.6) is 0 Å². The van der Waals surface area contributed by atoms with E-state index < -0.39 is 6.10 Å². The Bertz CT molecular complexity index is 299. The van der Waals surface area contributed by atoms with Gasteiger partial charge < -0.3 is 10.8 Å². The summed E-state index contributed by atoms with van der Waals surface area (Å²) in [4.78, 5) is 0. The SMILES string of the molecule is Cc1ccc([C@H](O)[C@@H](C)N)cc1F. The summed E-state index contributed by atoms with van der Waals surface area (Å²) in [6.07, 6.45) is -0.796. The first-order valence-corrected chi connectivity index (χ1v) is 4.22. The van der Waals surface area contributed by atoms with Crippen LogP contribution < -0.4 is 5.73 Å². The third-order valence-corrected chi connectivity index (χ3v) is 2.04. The Morgan fingerprint density at radius 2 is 2.08 bits per heavy atom. The van der Waals surface area contributed by atoms with E-state index in [9.17, 15) is 9.50 Å². The fraction of sp³-hybridized carbons (Fsp3) is 0.400. The number of benzene rings is 1. The summed E-state index contributed by atoms with van der Waals surface area (Å²) in [5.74, 6) is -0.308. The second-order valence-electron chi connectivity index (χ2n) is 3.31. The lowest BCUT2D eigenvalue weighted by molar-refractivity contribution is 0.153. The molecular weight excluding hydrogens is 169 g/mol. The van der Waals surface area contributed by atoms with Gasteiger partial charge in [0.2, 0.25) is 0 Å². The van der Waals surface area contributed by atoms with Crippen LogP contribution in [0.25, 0.3) is 0 Å². The Labute approximate surface area is 77.2 Å². The predicted octanol–water partition coefficient (Wildman–Crippen LogP) is 1.51. The zero-order valence-corrected chi connectivity index (χ0v) is 7.79. The van der Waals surface area contributed by atoms with Gasteiger partial charge in [-0.25, -0.2) is 4.39 Å². The van der Waals surface area contributed by atoms with Crippen LogP contribution in [0.15, 0.2) is 18.2 Å². The lowest BCUT2D eigenvalue weighted by Crippen LogP contribution is -2.24. The van der Waals surface area contributed by atoms with E-state index in [1.54, 1.807) is 26.0 Å². The Balaban J connectivity index is 2.97. The lowest BCUT2D eigenvalue weighted by Gasteiger charge is -2.14. The summed E-state index contributed by atoms with van der Waals surface area (Å²) >= 11 is 0. The molecule has 0 spiro atoms. The first-order chi connectivity index (χ1) is 6.02. The number of halogens is 1. The van der Waals surface area contributed by atoms with E-state index in [0.29, 0.717) is 11.1 Å². The quantitative estimate of drug-likeness (QED) is 0.730. The molecule has 72 valence electrons. The lowest BCUT2D eigenvalue weighted by atomic mass is 10.0. The van der Waals surface area contributed by atoms with E-state index >= 15 is 0 Å². The molecule has 0 heterocycles. The van der Waals surface area contributed by atoms with Crippen molar-refractivity contribution in [2.24, 2.45) is 5.73 Å². The van der Waals surface area contributed by atoms with E-state index in [1.165, 1.54) is 6.07 Å². The Morgan fingerprint density at radius 3 is 2.54 bits per heavy atom. The highest BCUT2D eigenvalue weighted by molar-refractivity contribution is 5.25. The fourth-order valence-electron chi connectivity index (χ4n) is 1.10. The van der Waals surface area contributed by atoms with Crippen LogP contribution in [0.4, 0.5) is 4.39 Å². The molecule has 3 N–H and O–H groups in total. The highest BCUT2D eigenvalue weighted by atomic mass is 19.1. The summed E-state index contributed by atoms with van der Waals surface area (Å²) in [6.45, 7) is 3.36. The summed E-state index contributed by atoms with van der Waals surface area (Å²) in [6, 6.07) is 4.26. The van der Waals surface area contributed by atoms with E-state index in [2.05, 4.69) is 0 Å². The number of aryl methyl sites for hydroxylation is 1. The number of aliphatic hydroxyl groups is 1. The van der Waals surface area contributed by atoms with Gasteiger partial charge in [-0.3, -0.25) is 0 Å². The van der Waals surface area contributed by atoms with Crippen LogP contribution in [0.2, 0.25) is 0 Å². The van der Waals surface area contributed by atoms with Crippen molar-refractivity contribution in [3.05, 3.63) is 35.1 Å². The standard InChI is InChI=1S/C10H14FNO/c1-6-3-4-8(5-9(6)11)10(13)7(2)12/h3-5,7,10,13H,12H2,1-2H3/t7-,10-/m1/s1. The van der Waals surface area contributed by atoms with Gasteiger partial charge in [0.1, 0.15) is 5.82 Å². The van der Waals surface area contributed by atoms with Crippen molar-refractivity contribution in [1.82, 2.24) is 0 Å². The largest absolute Gasteiger partial charge is 0.387 e. The van der Waals surface area contributed by atoms with Crippen molar-refractivity contribution in [1.29, 1.82) is 0 Å². The molecule has 0 aliphatic rings. The third kappa shape index (κ3) is 2.26. The number of rotatable bonds is 2. The van der Waals surface area contributed by atoms with E-state index in [-0.39, 0.29) is 11.9 Å². The van der Waals surface area contributed by atoms with Crippen LogP contribution >= 0.6 is 0 Å². The summed E-state index contributed by atoms with van der Waals surface area (Å²) in [5.41, 5.74) is 6.58. The summed E-state index contributed by atoms with van der Waals surface area (Å²) in [7, 11) is 0. The Kier molecular flexibility index (Phi) is 3.01. The summed E-state index contributed by atoms with van der Waals surface area (Å²) < 4.78 is 13.1. The van der Waals surface area contributed by atoms with Crippen LogP contribution in [-0.2, 0) is 0 Å². The van der Waals surface area contributed by atoms with Crippen molar-refractivity contribution < 1.29 is 9.50 Å². The molecule has 0 saturated heterocycles. The molecule has 2 atom stereocenters. The number of aliphatic hydroxyl groups excluding tert-OH is 1. The topological polar surface area (TPSA) is 46.2 Å². The van der Waals surface area contributed by atoms with E-state index in [0.717, 1.165) is 0 Å². The average Bonchev–Trinajstić information content (AvgIpc) is 2.08. The van der Waals surface area contributed by atoms with Gasteiger partial charge in [0.05, 0.1) is 6.10 Å². The van der Waals surface area contributed by atoms with Gasteiger partial charge in [0.25, 0.3) is 0 Å². The van der Waals surface area contributed by atoms with Gasteiger partial charge in [-0.1, -0.05) is 12.1 Å². The van der Waals surface area contributed by atoms with Crippen molar-refractivity contribution in [3.63, 3.8) is 0 Å². The minimum atomic E-state index is -0.796. The van der Waals surface area contributed by atoms with Crippen molar-refractivity contribution in [3.8, 4) is 0 Å². The predicted molar refractivity (Wildman–Crippen MR) is 49.7 cm³/mol. The molecule has 3 heteroatoms. The van der Waals surface area contributed by atoms with Crippen LogP contribution in [0.1, 0.15) is 24.2 Å². The Morgan fingerprint density at radius 1 is 1.46 bits per heavy atom. The number of hydrogen-bond acceptors (Lipinski definition) is 2. The second-order valence-corrected chi connectivity index (χ2v) is 3.31. The molecule has 0 amide bonds. The van der Waals surface area contributed by atoms with E-state index in [1.807, 2.05) is 0 Å². The van der Waals surface area contributed by atoms with Crippen LogP contribution in [0, 0.1) is 12.7 Å². The van der Waals surface area contributed by atoms with Gasteiger partial charge in [-0.15, -0.1) is 0 Å². The van der Waals surface area contributed by atoms with Gasteiger partial charge in [0.15, 0.2) is 0 Å². The first kappa shape index (κ1) is 10.2. The molecule has 0 aliphatic carbocycles. The van der Waals surface area contributed by atoms with Gasteiger partial charge in [-0.2, -0.15) is 0 Å². The molecule has 1 aromatic carbocycles. The molecular formula is C10H14FNO. The normalized spacial score (nSPS) is 15.5. The first-order valence-electron chi connectivity index (χ1n) is 4.22. The third-order valence-electron chi connectivity index (χ3n) is 2.04. The minimum absolute atomic E-state index is 0.308. The molecule has 1 rings (SSSR count). The summed E-state index contributed by atoms with van der Waals surface area (Å²) in [5, 5.41) is 9.52. The minimum Gasteiger partial charge on any atom is -0.387 e. The zero-order chi connectivity index (χ0) is 10.0. The molecule has 0 aromatic heterocycles. The number of nitrogens with two attached hydrogens (primary N) is 1. The smallest absolute Gasteiger partial charge is 0.126 e. The van der Waals surface area contributed by atoms with Gasteiger partial charge in [-0.05, 0) is 31.0 Å². The van der Waals surface area contributed by atoms with Crippen molar-refractivity contribution >= 4 is 0 Å². The number of hydrogen-bond donors (Lipinski definition) is 2. The maximum atomic E-state index is 13.1. The fourth-order valence-corrected chi connectivity index (χ4v) is 1.10. The van der Waals surface area contributed by atoms with Crippen LogP contribution in [-0.4, -0.2) is 11.1 Å². The molecule has 13 heavy (non-hydrogen) atoms. The maximum absolute atomic E-state index is 13.1.